The van der Waals surface area contributed by atoms with E-state index in [1.165, 1.54) is 46.3 Å². The Kier molecular flexibility index (Phi) is 11.4. The van der Waals surface area contributed by atoms with Gasteiger partial charge in [-0.05, 0) is 83.3 Å². The normalized spacial score (nSPS) is 13.3. The van der Waals surface area contributed by atoms with Crippen molar-refractivity contribution in [2.45, 2.75) is 23.4 Å². The number of methoxy groups -OCH3 is 1. The number of ether oxygens (including phenoxy) is 1. The quantitative estimate of drug-likeness (QED) is 0.0861. The molecule has 0 saturated heterocycles. The van der Waals surface area contributed by atoms with Gasteiger partial charge in [0.15, 0.2) is 0 Å². The van der Waals surface area contributed by atoms with Gasteiger partial charge in [-0.3, -0.25) is 10.1 Å². The lowest BCUT2D eigenvalue weighted by Crippen LogP contribution is -2.55. The number of esters is 1. The number of carbonyl (C=O) groups excluding carboxylic acids is 1. The Bertz CT molecular complexity index is 2300. The number of benzene rings is 7. The molecule has 0 bridgehead atoms. The van der Waals surface area contributed by atoms with Crippen molar-refractivity contribution in [2.75, 3.05) is 13.3 Å². The van der Waals surface area contributed by atoms with Crippen LogP contribution in [0.1, 0.15) is 22.3 Å². The van der Waals surface area contributed by atoms with E-state index in [-0.39, 0.29) is 10.9 Å². The smallest absolute Gasteiger partial charge is 0.326 e. The molecule has 7 aromatic carbocycles. The molecule has 280 valence electrons. The molecule has 1 atom stereocenters. The predicted octanol–water partition coefficient (Wildman–Crippen LogP) is 7.98. The van der Waals surface area contributed by atoms with Crippen LogP contribution in [0.5, 0.6) is 0 Å². The first-order valence-electron chi connectivity index (χ1n) is 18.4. The molecule has 1 aliphatic rings. The lowest BCUT2D eigenvalue weighted by Gasteiger charge is -2.38. The van der Waals surface area contributed by atoms with Crippen LogP contribution in [0.4, 0.5) is 0 Å². The molecule has 0 saturated carbocycles. The molecule has 0 amide bonds. The van der Waals surface area contributed by atoms with Gasteiger partial charge in [0.2, 0.25) is 0 Å². The molecular formula is C48H42NO5PS. The van der Waals surface area contributed by atoms with Crippen molar-refractivity contribution in [1.82, 2.24) is 5.32 Å². The third-order valence-corrected chi connectivity index (χ3v) is 15.7. The number of aryl methyl sites for hydroxylation is 1. The van der Waals surface area contributed by atoms with E-state index in [1.54, 1.807) is 12.1 Å². The van der Waals surface area contributed by atoms with E-state index in [2.05, 4.69) is 169 Å². The molecule has 1 N–H and O–H groups in total. The molecule has 7 aromatic rings. The fourth-order valence-electron chi connectivity index (χ4n) is 7.85. The van der Waals surface area contributed by atoms with Gasteiger partial charge in [-0.2, -0.15) is 0 Å². The van der Waals surface area contributed by atoms with E-state index >= 15 is 0 Å². The molecule has 6 nitrogen and oxygen atoms in total. The van der Waals surface area contributed by atoms with Gasteiger partial charge in [0.1, 0.15) is 39.3 Å². The average Bonchev–Trinajstić information content (AvgIpc) is 3.53. The van der Waals surface area contributed by atoms with Gasteiger partial charge in [-0.25, -0.2) is 8.42 Å². The van der Waals surface area contributed by atoms with Crippen molar-refractivity contribution >= 4 is 39.3 Å². The van der Waals surface area contributed by atoms with E-state index in [9.17, 15) is 17.8 Å². The highest BCUT2D eigenvalue weighted by molar-refractivity contribution is 7.95. The molecule has 0 aromatic heterocycles. The third kappa shape index (κ3) is 7.47. The second kappa shape index (κ2) is 16.6. The number of hydrogen-bond acceptors (Lipinski definition) is 6. The lowest BCUT2D eigenvalue weighted by molar-refractivity contribution is -0.142. The fourth-order valence-corrected chi connectivity index (χ4v) is 12.7. The van der Waals surface area contributed by atoms with Crippen LogP contribution in [0.15, 0.2) is 199 Å². The summed E-state index contributed by atoms with van der Waals surface area (Å²) in [7, 11) is -5.16. The Morgan fingerprint density at radius 3 is 1.41 bits per heavy atom. The van der Waals surface area contributed by atoms with Crippen LogP contribution in [-0.2, 0) is 25.2 Å². The summed E-state index contributed by atoms with van der Waals surface area (Å²) in [6.45, 7) is 1.82. The van der Waals surface area contributed by atoms with Crippen molar-refractivity contribution in [2.24, 2.45) is 0 Å². The number of hydrogen-bond donors (Lipinski definition) is 1. The fraction of sp³-hybridized carbons (Fsp3) is 0.104. The predicted molar refractivity (Wildman–Crippen MR) is 226 cm³/mol. The van der Waals surface area contributed by atoms with Crippen molar-refractivity contribution < 1.29 is 22.5 Å². The monoisotopic (exact) mass is 775 g/mol. The van der Waals surface area contributed by atoms with Gasteiger partial charge in [0.25, 0.3) is 0 Å². The summed E-state index contributed by atoms with van der Waals surface area (Å²) in [4.78, 5) is 14.0. The highest BCUT2D eigenvalue weighted by atomic mass is 32.2. The Morgan fingerprint density at radius 1 is 0.607 bits per heavy atom. The zero-order chi connectivity index (χ0) is 39.2. The van der Waals surface area contributed by atoms with Crippen LogP contribution in [0.25, 0.3) is 11.1 Å². The topological polar surface area (TPSA) is 95.5 Å². The van der Waals surface area contributed by atoms with E-state index in [1.807, 2.05) is 13.0 Å². The molecule has 1 aliphatic carbocycles. The van der Waals surface area contributed by atoms with Crippen molar-refractivity contribution in [3.63, 3.8) is 0 Å². The zero-order valence-electron chi connectivity index (χ0n) is 31.2. The van der Waals surface area contributed by atoms with Gasteiger partial charge in [0, 0.05) is 0 Å². The second-order valence-corrected chi connectivity index (χ2v) is 18.6. The minimum Gasteiger partial charge on any atom is -0.744 e. The Hall–Kier alpha value is -5.69. The molecule has 0 spiro atoms. The van der Waals surface area contributed by atoms with Crippen molar-refractivity contribution in [3.05, 3.63) is 216 Å². The second-order valence-electron chi connectivity index (χ2n) is 13.7. The molecule has 8 rings (SSSR count). The number of fused-ring (bicyclic) bond motifs is 3. The largest absolute Gasteiger partial charge is 0.744 e. The summed E-state index contributed by atoms with van der Waals surface area (Å²) >= 11 is 0. The molecule has 8 heteroatoms. The molecule has 56 heavy (non-hydrogen) atoms. The maximum absolute atomic E-state index is 14.2. The van der Waals surface area contributed by atoms with Gasteiger partial charge >= 0.3 is 5.97 Å². The van der Waals surface area contributed by atoms with Gasteiger partial charge in [-0.15, -0.1) is 0 Å². The summed E-state index contributed by atoms with van der Waals surface area (Å²) < 4.78 is 36.8. The van der Waals surface area contributed by atoms with Gasteiger partial charge in [-0.1, -0.05) is 151 Å². The highest BCUT2D eigenvalue weighted by Gasteiger charge is 2.53. The first-order chi connectivity index (χ1) is 27.2. The Balaban J connectivity index is 0.000000378. The number of nitrogens with one attached hydrogen (secondary N) is 1. The maximum Gasteiger partial charge on any atom is 0.326 e. The maximum atomic E-state index is 14.2. The summed E-state index contributed by atoms with van der Waals surface area (Å²) in [6.07, 6.45) is 0.538. The van der Waals surface area contributed by atoms with Crippen LogP contribution >= 0.6 is 7.26 Å². The van der Waals surface area contributed by atoms with Crippen LogP contribution < -0.4 is 21.2 Å². The van der Waals surface area contributed by atoms with Crippen molar-refractivity contribution in [3.8, 4) is 11.1 Å². The molecular weight excluding hydrogens is 734 g/mol. The average molecular weight is 776 g/mol. The van der Waals surface area contributed by atoms with Gasteiger partial charge in [0.05, 0.1) is 23.7 Å². The zero-order valence-corrected chi connectivity index (χ0v) is 32.9. The Labute approximate surface area is 330 Å². The number of rotatable bonds is 10. The molecule has 0 aliphatic heterocycles. The first-order valence-corrected chi connectivity index (χ1v) is 21.7. The van der Waals surface area contributed by atoms with Crippen LogP contribution in [-0.4, -0.2) is 38.3 Å². The van der Waals surface area contributed by atoms with E-state index in [4.69, 9.17) is 4.74 Å². The van der Waals surface area contributed by atoms with Crippen LogP contribution in [0.2, 0.25) is 0 Å². The van der Waals surface area contributed by atoms with Crippen LogP contribution in [0, 0.1) is 6.92 Å². The van der Waals surface area contributed by atoms with E-state index in [0.717, 1.165) is 22.3 Å². The summed E-state index contributed by atoms with van der Waals surface area (Å²) in [5, 5.41) is 7.69. The SMILES string of the molecule is COC(=O)[C@H](C[P+](c1ccccc1)(c1ccccc1)c1ccccc1)NC1(c2ccccc2)c2ccccc2-c2ccccc21.Cc1ccc(S(=O)(=O)[O-])cc1. The summed E-state index contributed by atoms with van der Waals surface area (Å²) in [6, 6.07) is 64.8. The standard InChI is InChI=1S/C41H35NO2P.C7H8O3S/c1-44-40(43)39(30-45(32-20-8-3-9-21-32,33-22-10-4-11-23-33)34-24-12-5-13-25-34)42-41(31-18-6-2-7-19-31)37-28-16-14-26-35(37)36-27-15-17-29-38(36)41;1-6-2-4-7(5-3-6)11(8,9)10/h2-29,39,42H,30H2,1H3;2-5H,1H3,(H,8,9,10)/q+1;/p-1/t39-;/m0./s1. The van der Waals surface area contributed by atoms with E-state index < -0.39 is 29.0 Å². The highest BCUT2D eigenvalue weighted by Crippen LogP contribution is 2.57. The summed E-state index contributed by atoms with van der Waals surface area (Å²) in [5.41, 5.74) is 5.85. The molecule has 0 fully saturated rings. The summed E-state index contributed by atoms with van der Waals surface area (Å²) in [5.74, 6) is -0.278. The molecule has 0 heterocycles. The van der Waals surface area contributed by atoms with Crippen LogP contribution in [0.3, 0.4) is 0 Å². The number of carbonyl (C=O) groups is 1. The van der Waals surface area contributed by atoms with Crippen molar-refractivity contribution in [1.29, 1.82) is 0 Å². The minimum atomic E-state index is -4.27. The third-order valence-electron chi connectivity index (χ3n) is 10.4. The minimum absolute atomic E-state index is 0.178. The Morgan fingerprint density at radius 2 is 1.00 bits per heavy atom. The lowest BCUT2D eigenvalue weighted by atomic mass is 9.80. The molecule has 0 unspecified atom stereocenters. The van der Waals surface area contributed by atoms with E-state index in [0.29, 0.717) is 6.16 Å². The van der Waals surface area contributed by atoms with Gasteiger partial charge < -0.3 is 9.29 Å². The first kappa shape index (κ1) is 38.6. The molecule has 0 radical (unpaired) electrons.